The first kappa shape index (κ1) is 13.5. The summed E-state index contributed by atoms with van der Waals surface area (Å²) < 4.78 is 0. The van der Waals surface area contributed by atoms with Gasteiger partial charge in [-0.2, -0.15) is 5.26 Å². The molecule has 1 aliphatic carbocycles. The lowest BCUT2D eigenvalue weighted by Crippen LogP contribution is -2.48. The number of benzene rings is 1. The Labute approximate surface area is 123 Å². The Bertz CT molecular complexity index is 605. The van der Waals surface area contributed by atoms with Gasteiger partial charge in [0, 0.05) is 16.7 Å². The zero-order chi connectivity index (χ0) is 14.0. The lowest BCUT2D eigenvalue weighted by molar-refractivity contribution is 0.416. The molecule has 1 aliphatic rings. The van der Waals surface area contributed by atoms with Crippen molar-refractivity contribution in [2.75, 3.05) is 12.3 Å². The summed E-state index contributed by atoms with van der Waals surface area (Å²) in [6.45, 7) is 2.92. The van der Waals surface area contributed by atoms with Gasteiger partial charge in [0.05, 0.1) is 11.1 Å². The molecule has 4 heteroatoms. The Kier molecular flexibility index (Phi) is 3.73. The summed E-state index contributed by atoms with van der Waals surface area (Å²) >= 11 is 1.75. The number of nitrogens with zero attached hydrogens (tertiary/aromatic N) is 1. The fraction of sp³-hybridized carbons (Fsp3) is 0.438. The number of H-pyrrole nitrogens is 1. The Hall–Kier alpha value is -1.44. The van der Waals surface area contributed by atoms with Crippen LogP contribution in [0.2, 0.25) is 0 Å². The van der Waals surface area contributed by atoms with E-state index in [1.807, 2.05) is 12.1 Å². The minimum Gasteiger partial charge on any atom is -0.350 e. The first-order valence-electron chi connectivity index (χ1n) is 7.14. The van der Waals surface area contributed by atoms with Gasteiger partial charge >= 0.3 is 0 Å². The van der Waals surface area contributed by atoms with Crippen LogP contribution in [0.4, 0.5) is 0 Å². The number of aromatic nitrogens is 1. The summed E-state index contributed by atoms with van der Waals surface area (Å²) in [6, 6.07) is 13.0. The van der Waals surface area contributed by atoms with E-state index in [-0.39, 0.29) is 5.54 Å². The van der Waals surface area contributed by atoms with E-state index in [9.17, 15) is 5.26 Å². The quantitative estimate of drug-likeness (QED) is 0.798. The van der Waals surface area contributed by atoms with Crippen LogP contribution in [0.3, 0.4) is 0 Å². The number of hydrogen-bond acceptors (Lipinski definition) is 3. The molecular formula is C16H19N3S. The molecule has 0 spiro atoms. The van der Waals surface area contributed by atoms with Gasteiger partial charge < -0.3 is 4.98 Å². The molecule has 3 nitrogen and oxygen atoms in total. The molecule has 0 radical (unpaired) electrons. The molecular weight excluding hydrogens is 266 g/mol. The van der Waals surface area contributed by atoms with Gasteiger partial charge in [0.1, 0.15) is 5.54 Å². The number of nitriles is 1. The zero-order valence-corrected chi connectivity index (χ0v) is 12.5. The van der Waals surface area contributed by atoms with Crippen LogP contribution in [0, 0.1) is 17.2 Å². The van der Waals surface area contributed by atoms with Gasteiger partial charge in [-0.15, -0.1) is 11.8 Å². The lowest BCUT2D eigenvalue weighted by Gasteiger charge is -2.26. The SMILES string of the molecule is CCNC(C#N)(CSc1cc2ccccc2[nH]1)C1CC1. The number of hydrogen-bond donors (Lipinski definition) is 2. The number of thioether (sulfide) groups is 1. The maximum absolute atomic E-state index is 9.60. The second-order valence-electron chi connectivity index (χ2n) is 5.40. The van der Waals surface area contributed by atoms with Crippen molar-refractivity contribution in [3.05, 3.63) is 30.3 Å². The van der Waals surface area contributed by atoms with E-state index in [1.165, 1.54) is 18.2 Å². The molecule has 104 valence electrons. The van der Waals surface area contributed by atoms with Gasteiger partial charge in [0.15, 0.2) is 0 Å². The van der Waals surface area contributed by atoms with E-state index in [4.69, 9.17) is 0 Å². The Morgan fingerprint density at radius 1 is 1.45 bits per heavy atom. The van der Waals surface area contributed by atoms with Gasteiger partial charge in [-0.25, -0.2) is 0 Å². The van der Waals surface area contributed by atoms with Crippen molar-refractivity contribution < 1.29 is 0 Å². The molecule has 3 rings (SSSR count). The van der Waals surface area contributed by atoms with Crippen molar-refractivity contribution in [2.24, 2.45) is 5.92 Å². The first-order valence-corrected chi connectivity index (χ1v) is 8.13. The topological polar surface area (TPSA) is 51.6 Å². The third-order valence-electron chi connectivity index (χ3n) is 3.93. The van der Waals surface area contributed by atoms with Gasteiger partial charge in [-0.1, -0.05) is 25.1 Å². The highest BCUT2D eigenvalue weighted by Crippen LogP contribution is 2.42. The van der Waals surface area contributed by atoms with E-state index < -0.39 is 0 Å². The molecule has 0 saturated heterocycles. The molecule has 0 aliphatic heterocycles. The van der Waals surface area contributed by atoms with E-state index in [0.29, 0.717) is 5.92 Å². The molecule has 1 aromatic heterocycles. The molecule has 0 bridgehead atoms. The molecule has 1 aromatic carbocycles. The molecule has 1 unspecified atom stereocenters. The molecule has 1 heterocycles. The number of fused-ring (bicyclic) bond motifs is 1. The number of para-hydroxylation sites is 1. The van der Waals surface area contributed by atoms with E-state index in [2.05, 4.69) is 41.5 Å². The Balaban J connectivity index is 1.75. The molecule has 2 aromatic rings. The van der Waals surface area contributed by atoms with Gasteiger partial charge in [0.25, 0.3) is 0 Å². The van der Waals surface area contributed by atoms with Crippen LogP contribution >= 0.6 is 11.8 Å². The van der Waals surface area contributed by atoms with Crippen LogP contribution in [-0.2, 0) is 0 Å². The van der Waals surface area contributed by atoms with E-state index in [0.717, 1.165) is 22.8 Å². The second-order valence-corrected chi connectivity index (χ2v) is 6.41. The first-order chi connectivity index (χ1) is 9.77. The van der Waals surface area contributed by atoms with Gasteiger partial charge in [-0.05, 0) is 37.4 Å². The minimum absolute atomic E-state index is 0.364. The summed E-state index contributed by atoms with van der Waals surface area (Å²) in [6.07, 6.45) is 2.35. The predicted molar refractivity (Wildman–Crippen MR) is 83.8 cm³/mol. The van der Waals surface area contributed by atoms with Crippen LogP contribution in [-0.4, -0.2) is 22.8 Å². The smallest absolute Gasteiger partial charge is 0.119 e. The number of aromatic amines is 1. The maximum Gasteiger partial charge on any atom is 0.119 e. The molecule has 20 heavy (non-hydrogen) atoms. The van der Waals surface area contributed by atoms with E-state index in [1.54, 1.807) is 11.8 Å². The fourth-order valence-electron chi connectivity index (χ4n) is 2.68. The Morgan fingerprint density at radius 2 is 2.25 bits per heavy atom. The summed E-state index contributed by atoms with van der Waals surface area (Å²) in [5.74, 6) is 1.32. The molecule has 1 fully saturated rings. The van der Waals surface area contributed by atoms with Crippen molar-refractivity contribution in [3.8, 4) is 6.07 Å². The van der Waals surface area contributed by atoms with Crippen molar-refractivity contribution in [1.82, 2.24) is 10.3 Å². The maximum atomic E-state index is 9.60. The summed E-state index contributed by atoms with van der Waals surface area (Å²) in [5, 5.41) is 15.4. The van der Waals surface area contributed by atoms with E-state index >= 15 is 0 Å². The standard InChI is InChI=1S/C16H19N3S/c1-2-18-16(10-17,13-7-8-13)11-20-15-9-12-5-3-4-6-14(12)19-15/h3-6,9,13,18-19H,2,7-8,11H2,1H3. The average molecular weight is 285 g/mol. The fourth-order valence-corrected chi connectivity index (χ4v) is 3.86. The zero-order valence-electron chi connectivity index (χ0n) is 11.6. The normalized spacial score (nSPS) is 17.8. The highest BCUT2D eigenvalue weighted by molar-refractivity contribution is 7.99. The molecule has 0 amide bonds. The highest BCUT2D eigenvalue weighted by atomic mass is 32.2. The summed E-state index contributed by atoms with van der Waals surface area (Å²) in [4.78, 5) is 3.42. The second kappa shape index (κ2) is 5.51. The predicted octanol–water partition coefficient (Wildman–Crippen LogP) is 3.54. The van der Waals surface area contributed by atoms with Crippen LogP contribution in [0.1, 0.15) is 19.8 Å². The molecule has 1 saturated carbocycles. The van der Waals surface area contributed by atoms with Crippen LogP contribution in [0.15, 0.2) is 35.4 Å². The van der Waals surface area contributed by atoms with Crippen molar-refractivity contribution in [1.29, 1.82) is 5.26 Å². The third kappa shape index (κ3) is 2.56. The number of rotatable bonds is 6. The monoisotopic (exact) mass is 285 g/mol. The highest BCUT2D eigenvalue weighted by Gasteiger charge is 2.45. The summed E-state index contributed by atoms with van der Waals surface area (Å²) in [5.41, 5.74) is 0.795. The summed E-state index contributed by atoms with van der Waals surface area (Å²) in [7, 11) is 0. The van der Waals surface area contributed by atoms with Crippen LogP contribution < -0.4 is 5.32 Å². The minimum atomic E-state index is -0.364. The molecule has 1 atom stereocenters. The average Bonchev–Trinajstić information content (AvgIpc) is 3.23. The van der Waals surface area contributed by atoms with Crippen molar-refractivity contribution >= 4 is 22.7 Å². The van der Waals surface area contributed by atoms with Gasteiger partial charge in [-0.3, -0.25) is 5.32 Å². The largest absolute Gasteiger partial charge is 0.350 e. The van der Waals surface area contributed by atoms with Crippen LogP contribution in [0.5, 0.6) is 0 Å². The lowest BCUT2D eigenvalue weighted by atomic mass is 9.98. The Morgan fingerprint density at radius 3 is 2.90 bits per heavy atom. The molecule has 2 N–H and O–H groups in total. The number of nitrogens with one attached hydrogen (secondary N) is 2. The van der Waals surface area contributed by atoms with Gasteiger partial charge in [0.2, 0.25) is 0 Å². The third-order valence-corrected chi connectivity index (χ3v) is 5.06. The van der Waals surface area contributed by atoms with Crippen molar-refractivity contribution in [3.63, 3.8) is 0 Å². The van der Waals surface area contributed by atoms with Crippen molar-refractivity contribution in [2.45, 2.75) is 30.3 Å². The van der Waals surface area contributed by atoms with Crippen LogP contribution in [0.25, 0.3) is 10.9 Å².